The minimum atomic E-state index is -0.943. The predicted molar refractivity (Wildman–Crippen MR) is 199 cm³/mol. The summed E-state index contributed by atoms with van der Waals surface area (Å²) in [5.74, 6) is -0.830. The molecule has 0 saturated carbocycles. The van der Waals surface area contributed by atoms with Gasteiger partial charge in [0.25, 0.3) is 0 Å². The van der Waals surface area contributed by atoms with Crippen LogP contribution >= 0.6 is 0 Å². The number of nitrogens with one attached hydrogen (secondary N) is 1. The van der Waals surface area contributed by atoms with Crippen molar-refractivity contribution in [1.29, 1.82) is 0 Å². The zero-order valence-corrected chi connectivity index (χ0v) is 31.5. The van der Waals surface area contributed by atoms with Crippen LogP contribution in [-0.2, 0) is 19.7 Å². The van der Waals surface area contributed by atoms with Crippen LogP contribution in [0.15, 0.2) is 72.3 Å². The monoisotopic (exact) mass is 697 g/mol. The molecular weight excluding hydrogens is 642 g/mol. The van der Waals surface area contributed by atoms with E-state index in [2.05, 4.69) is 38.2 Å². The van der Waals surface area contributed by atoms with Gasteiger partial charge < -0.3 is 25.0 Å². The van der Waals surface area contributed by atoms with E-state index in [9.17, 15) is 24.3 Å². The number of benzene rings is 2. The molecule has 51 heavy (non-hydrogen) atoms. The third-order valence-electron chi connectivity index (χ3n) is 10.9. The number of allylic oxidation sites excluding steroid dienone is 2. The molecule has 0 unspecified atom stereocenters. The topological polar surface area (TPSA) is 116 Å². The highest BCUT2D eigenvalue weighted by Crippen LogP contribution is 2.55. The van der Waals surface area contributed by atoms with Crippen LogP contribution in [-0.4, -0.2) is 76.6 Å². The number of nitrogens with zero attached hydrogens (tertiary/aromatic N) is 2. The maximum atomic E-state index is 14.9. The molecule has 9 heteroatoms. The summed E-state index contributed by atoms with van der Waals surface area (Å²) in [4.78, 5) is 56.8. The van der Waals surface area contributed by atoms with Crippen molar-refractivity contribution in [3.05, 3.63) is 89.0 Å². The molecular formula is C42H55N3O6. The minimum absolute atomic E-state index is 0.0831. The van der Waals surface area contributed by atoms with Gasteiger partial charge in [-0.25, -0.2) is 9.59 Å². The molecule has 0 bridgehead atoms. The lowest BCUT2D eigenvalue weighted by Gasteiger charge is -2.52. The number of alkyl carbamates (subject to hydrolysis) is 1. The standard InChI is InChI=1S/C42H55N3O6/c1-28(2)26-33(43-38(50)51-39(3,4)5)35(46)44-24-21-42(22-25-44,31-12-10-9-11-13-31)37(49)45-23-19-34-40(6,7)32(18-20-41(34,8)27-45)29-14-16-30(17-15-29)36(47)48/h9-19,28,33H,20-27H2,1-8H3,(H,43,50)(H,47,48)/t33-,41-/m1/s1. The largest absolute Gasteiger partial charge is 0.478 e. The van der Waals surface area contributed by atoms with Crippen molar-refractivity contribution in [2.24, 2.45) is 16.7 Å². The van der Waals surface area contributed by atoms with Crippen molar-refractivity contribution in [1.82, 2.24) is 15.1 Å². The van der Waals surface area contributed by atoms with Crippen LogP contribution < -0.4 is 5.32 Å². The molecule has 2 aliphatic heterocycles. The van der Waals surface area contributed by atoms with Gasteiger partial charge in [0, 0.05) is 37.0 Å². The number of likely N-dealkylation sites (tertiary alicyclic amines) is 1. The Hall–Kier alpha value is -4.40. The molecule has 2 atom stereocenters. The molecule has 2 aromatic carbocycles. The van der Waals surface area contributed by atoms with Crippen molar-refractivity contribution >= 4 is 29.5 Å². The van der Waals surface area contributed by atoms with E-state index in [1.807, 2.05) is 61.2 Å². The number of hydrogen-bond donors (Lipinski definition) is 2. The Bertz CT molecular complexity index is 1690. The molecule has 2 heterocycles. The lowest BCUT2D eigenvalue weighted by Crippen LogP contribution is -2.59. The summed E-state index contributed by atoms with van der Waals surface area (Å²) >= 11 is 0. The van der Waals surface area contributed by atoms with Crippen molar-refractivity contribution < 1.29 is 29.0 Å². The Balaban J connectivity index is 1.36. The van der Waals surface area contributed by atoms with Crippen molar-refractivity contribution in [3.8, 4) is 0 Å². The van der Waals surface area contributed by atoms with E-state index in [0.717, 1.165) is 23.1 Å². The van der Waals surface area contributed by atoms with Crippen molar-refractivity contribution in [2.45, 2.75) is 98.1 Å². The van der Waals surface area contributed by atoms with E-state index in [1.165, 1.54) is 5.57 Å². The molecule has 2 N–H and O–H groups in total. The summed E-state index contributed by atoms with van der Waals surface area (Å²) < 4.78 is 5.48. The Labute approximate surface area is 303 Å². The summed E-state index contributed by atoms with van der Waals surface area (Å²) in [5.41, 5.74) is 2.64. The first-order chi connectivity index (χ1) is 23.9. The molecule has 1 aliphatic carbocycles. The van der Waals surface area contributed by atoms with Crippen molar-refractivity contribution in [2.75, 3.05) is 26.2 Å². The normalized spacial score (nSPS) is 21.9. The zero-order chi connectivity index (χ0) is 37.4. The molecule has 5 rings (SSSR count). The summed E-state index contributed by atoms with van der Waals surface area (Å²) in [5, 5.41) is 12.2. The van der Waals surface area contributed by atoms with E-state index >= 15 is 0 Å². The van der Waals surface area contributed by atoms with Gasteiger partial charge in [-0.15, -0.1) is 0 Å². The molecule has 3 amide bonds. The molecule has 1 saturated heterocycles. The number of rotatable bonds is 8. The molecule has 9 nitrogen and oxygen atoms in total. The maximum Gasteiger partial charge on any atom is 0.408 e. The number of ether oxygens (including phenoxy) is 1. The number of carbonyl (C=O) groups excluding carboxylic acids is 3. The highest BCUT2D eigenvalue weighted by atomic mass is 16.6. The molecule has 0 aromatic heterocycles. The van der Waals surface area contributed by atoms with Crippen molar-refractivity contribution in [3.63, 3.8) is 0 Å². The molecule has 0 radical (unpaired) electrons. The summed E-state index contributed by atoms with van der Waals surface area (Å²) in [6, 6.07) is 16.3. The van der Waals surface area contributed by atoms with Crippen LogP contribution in [0.3, 0.4) is 0 Å². The first-order valence-corrected chi connectivity index (χ1v) is 18.2. The maximum absolute atomic E-state index is 14.9. The molecule has 274 valence electrons. The summed E-state index contributed by atoms with van der Waals surface area (Å²) in [6.45, 7) is 18.0. The number of fused-ring (bicyclic) bond motifs is 1. The number of carboxylic acids is 1. The third-order valence-corrected chi connectivity index (χ3v) is 10.9. The minimum Gasteiger partial charge on any atom is -0.478 e. The van der Waals surface area contributed by atoms with Crippen LogP contribution in [0.1, 0.15) is 103 Å². The lowest BCUT2D eigenvalue weighted by atomic mass is 9.58. The van der Waals surface area contributed by atoms with Crippen LogP contribution in [0, 0.1) is 16.7 Å². The quantitative estimate of drug-likeness (QED) is 0.277. The fraction of sp³-hybridized carbons (Fsp3) is 0.524. The van der Waals surface area contributed by atoms with Gasteiger partial charge in [-0.2, -0.15) is 0 Å². The summed E-state index contributed by atoms with van der Waals surface area (Å²) in [6.07, 6.45) is 6.08. The molecule has 1 fully saturated rings. The fourth-order valence-corrected chi connectivity index (χ4v) is 8.51. The highest BCUT2D eigenvalue weighted by Gasteiger charge is 2.51. The molecule has 3 aliphatic rings. The van der Waals surface area contributed by atoms with Crippen LogP contribution in [0.2, 0.25) is 0 Å². The van der Waals surface area contributed by atoms with Crippen LogP contribution in [0.25, 0.3) is 5.57 Å². The van der Waals surface area contributed by atoms with Crippen LogP contribution in [0.4, 0.5) is 4.79 Å². The van der Waals surface area contributed by atoms with Gasteiger partial charge in [0.2, 0.25) is 11.8 Å². The number of aromatic carboxylic acids is 1. The second-order valence-corrected chi connectivity index (χ2v) is 16.8. The van der Waals surface area contributed by atoms with Gasteiger partial charge in [0.15, 0.2) is 0 Å². The Kier molecular flexibility index (Phi) is 10.6. The van der Waals surface area contributed by atoms with E-state index in [1.54, 1.807) is 37.8 Å². The Morgan fingerprint density at radius 2 is 1.53 bits per heavy atom. The highest BCUT2D eigenvalue weighted by molar-refractivity contribution is 5.91. The van der Waals surface area contributed by atoms with Gasteiger partial charge in [-0.05, 0) is 81.2 Å². The number of carboxylic acid groups (broad SMARTS) is 1. The first kappa shape index (κ1) is 37.8. The van der Waals surface area contributed by atoms with E-state index in [4.69, 9.17) is 4.74 Å². The second kappa shape index (κ2) is 14.3. The number of hydrogen-bond acceptors (Lipinski definition) is 5. The van der Waals surface area contributed by atoms with Crippen LogP contribution in [0.5, 0.6) is 0 Å². The number of carbonyl (C=O) groups is 4. The molecule has 0 spiro atoms. The fourth-order valence-electron chi connectivity index (χ4n) is 8.51. The molecule has 2 aromatic rings. The van der Waals surface area contributed by atoms with Gasteiger partial charge in [0.05, 0.1) is 11.0 Å². The Morgan fingerprint density at radius 1 is 0.902 bits per heavy atom. The Morgan fingerprint density at radius 3 is 2.10 bits per heavy atom. The third kappa shape index (κ3) is 7.92. The first-order valence-electron chi connectivity index (χ1n) is 18.2. The second-order valence-electron chi connectivity index (χ2n) is 16.8. The number of piperidine rings is 1. The van der Waals surface area contributed by atoms with E-state index in [0.29, 0.717) is 45.4 Å². The van der Waals surface area contributed by atoms with Gasteiger partial charge in [0.1, 0.15) is 11.6 Å². The van der Waals surface area contributed by atoms with E-state index in [-0.39, 0.29) is 34.1 Å². The van der Waals surface area contributed by atoms with Gasteiger partial charge in [-0.1, -0.05) is 94.8 Å². The van der Waals surface area contributed by atoms with Gasteiger partial charge in [-0.3, -0.25) is 9.59 Å². The smallest absolute Gasteiger partial charge is 0.408 e. The average Bonchev–Trinajstić information content (AvgIpc) is 3.06. The SMILES string of the molecule is CC(C)C[C@@H](NC(=O)OC(C)(C)C)C(=O)N1CCC(C(=O)N2CC=C3C(C)(C)C(c4ccc(C(=O)O)cc4)=CC[C@]3(C)C2)(c2ccccc2)CC1. The summed E-state index contributed by atoms with van der Waals surface area (Å²) in [7, 11) is 0. The number of amides is 3. The average molecular weight is 698 g/mol. The van der Waals surface area contributed by atoms with Gasteiger partial charge >= 0.3 is 12.1 Å². The van der Waals surface area contributed by atoms with E-state index < -0.39 is 29.1 Å². The lowest BCUT2D eigenvalue weighted by molar-refractivity contribution is -0.144. The zero-order valence-electron chi connectivity index (χ0n) is 31.5. The predicted octanol–water partition coefficient (Wildman–Crippen LogP) is 7.47.